The Morgan fingerprint density at radius 1 is 1.12 bits per heavy atom. The van der Waals surface area contributed by atoms with Crippen molar-refractivity contribution in [3.63, 3.8) is 0 Å². The lowest BCUT2D eigenvalue weighted by Crippen LogP contribution is -1.96. The highest BCUT2D eigenvalue weighted by Crippen LogP contribution is 2.22. The summed E-state index contributed by atoms with van der Waals surface area (Å²) in [5.74, 6) is 0.870. The predicted octanol–water partition coefficient (Wildman–Crippen LogP) is 4.20. The molecular formula is C13H13BrN2. The number of aryl methyl sites for hydroxylation is 2. The summed E-state index contributed by atoms with van der Waals surface area (Å²) >= 11 is 3.44. The SMILES string of the molecule is Cc1cc(Nc2ccccc2C)ncc1Br. The molecule has 0 atom stereocenters. The lowest BCUT2D eigenvalue weighted by Gasteiger charge is -2.09. The third kappa shape index (κ3) is 2.42. The number of para-hydroxylation sites is 1. The molecule has 0 fully saturated rings. The van der Waals surface area contributed by atoms with Gasteiger partial charge in [0.2, 0.25) is 0 Å². The van der Waals surface area contributed by atoms with Gasteiger partial charge in [0.25, 0.3) is 0 Å². The number of rotatable bonds is 2. The summed E-state index contributed by atoms with van der Waals surface area (Å²) < 4.78 is 1.03. The van der Waals surface area contributed by atoms with E-state index in [1.54, 1.807) is 0 Å². The van der Waals surface area contributed by atoms with Crippen molar-refractivity contribution in [2.24, 2.45) is 0 Å². The van der Waals surface area contributed by atoms with Crippen molar-refractivity contribution < 1.29 is 0 Å². The van der Waals surface area contributed by atoms with E-state index >= 15 is 0 Å². The van der Waals surface area contributed by atoms with Gasteiger partial charge in [0, 0.05) is 16.4 Å². The maximum absolute atomic E-state index is 4.32. The van der Waals surface area contributed by atoms with Gasteiger partial charge in [-0.15, -0.1) is 0 Å². The molecule has 0 aliphatic carbocycles. The highest BCUT2D eigenvalue weighted by atomic mass is 79.9. The molecule has 0 saturated heterocycles. The van der Waals surface area contributed by atoms with Crippen LogP contribution in [0.25, 0.3) is 0 Å². The Labute approximate surface area is 104 Å². The molecule has 2 rings (SSSR count). The Morgan fingerprint density at radius 2 is 1.88 bits per heavy atom. The molecular weight excluding hydrogens is 264 g/mol. The summed E-state index contributed by atoms with van der Waals surface area (Å²) in [6.07, 6.45) is 1.82. The highest BCUT2D eigenvalue weighted by molar-refractivity contribution is 9.10. The van der Waals surface area contributed by atoms with E-state index in [0.717, 1.165) is 16.0 Å². The van der Waals surface area contributed by atoms with Crippen molar-refractivity contribution in [2.45, 2.75) is 13.8 Å². The van der Waals surface area contributed by atoms with Crippen LogP contribution in [0.3, 0.4) is 0 Å². The van der Waals surface area contributed by atoms with Gasteiger partial charge in [-0.05, 0) is 53.0 Å². The third-order valence-electron chi connectivity index (χ3n) is 2.45. The van der Waals surface area contributed by atoms with Crippen LogP contribution in [0.5, 0.6) is 0 Å². The fourth-order valence-corrected chi connectivity index (χ4v) is 1.68. The smallest absolute Gasteiger partial charge is 0.130 e. The molecule has 1 heterocycles. The summed E-state index contributed by atoms with van der Waals surface area (Å²) in [7, 11) is 0. The molecule has 2 nitrogen and oxygen atoms in total. The van der Waals surface area contributed by atoms with Gasteiger partial charge in [-0.25, -0.2) is 4.98 Å². The minimum Gasteiger partial charge on any atom is -0.340 e. The van der Waals surface area contributed by atoms with Crippen molar-refractivity contribution in [1.82, 2.24) is 4.98 Å². The van der Waals surface area contributed by atoms with Crippen LogP contribution in [0.2, 0.25) is 0 Å². The van der Waals surface area contributed by atoms with Crippen molar-refractivity contribution in [3.8, 4) is 0 Å². The third-order valence-corrected chi connectivity index (χ3v) is 3.28. The Bertz CT molecular complexity index is 509. The largest absolute Gasteiger partial charge is 0.340 e. The second-order valence-electron chi connectivity index (χ2n) is 3.76. The van der Waals surface area contributed by atoms with Gasteiger partial charge in [0.15, 0.2) is 0 Å². The molecule has 3 heteroatoms. The first-order chi connectivity index (χ1) is 7.66. The Morgan fingerprint density at radius 3 is 2.56 bits per heavy atom. The van der Waals surface area contributed by atoms with Crippen LogP contribution in [0.1, 0.15) is 11.1 Å². The first kappa shape index (κ1) is 11.1. The maximum atomic E-state index is 4.32. The van der Waals surface area contributed by atoms with Crippen LogP contribution < -0.4 is 5.32 Å². The van der Waals surface area contributed by atoms with Crippen LogP contribution in [-0.4, -0.2) is 4.98 Å². The van der Waals surface area contributed by atoms with Gasteiger partial charge in [0.1, 0.15) is 5.82 Å². The van der Waals surface area contributed by atoms with Gasteiger partial charge in [-0.1, -0.05) is 18.2 Å². The minimum atomic E-state index is 0.870. The number of anilines is 2. The highest BCUT2D eigenvalue weighted by Gasteiger charge is 2.01. The Kier molecular flexibility index (Phi) is 3.25. The zero-order valence-electron chi connectivity index (χ0n) is 9.29. The van der Waals surface area contributed by atoms with Gasteiger partial charge in [-0.2, -0.15) is 0 Å². The molecule has 1 aromatic carbocycles. The molecule has 16 heavy (non-hydrogen) atoms. The quantitative estimate of drug-likeness (QED) is 0.889. The average molecular weight is 277 g/mol. The zero-order valence-corrected chi connectivity index (χ0v) is 10.9. The number of halogens is 1. The molecule has 0 bridgehead atoms. The van der Waals surface area contributed by atoms with Crippen molar-refractivity contribution in [2.75, 3.05) is 5.32 Å². The number of hydrogen-bond donors (Lipinski definition) is 1. The van der Waals surface area contributed by atoms with Crippen LogP contribution in [0, 0.1) is 13.8 Å². The van der Waals surface area contributed by atoms with E-state index in [4.69, 9.17) is 0 Å². The van der Waals surface area contributed by atoms with Crippen molar-refractivity contribution in [1.29, 1.82) is 0 Å². The van der Waals surface area contributed by atoms with Crippen LogP contribution in [0.4, 0.5) is 11.5 Å². The van der Waals surface area contributed by atoms with Crippen LogP contribution in [0.15, 0.2) is 41.0 Å². The molecule has 0 unspecified atom stereocenters. The number of aromatic nitrogens is 1. The van der Waals surface area contributed by atoms with E-state index in [0.29, 0.717) is 0 Å². The molecule has 1 N–H and O–H groups in total. The first-order valence-corrected chi connectivity index (χ1v) is 5.91. The fraction of sp³-hybridized carbons (Fsp3) is 0.154. The minimum absolute atomic E-state index is 0.870. The van der Waals surface area contributed by atoms with Crippen molar-refractivity contribution in [3.05, 3.63) is 52.1 Å². The Balaban J connectivity index is 2.28. The van der Waals surface area contributed by atoms with Gasteiger partial charge >= 0.3 is 0 Å². The Hall–Kier alpha value is -1.35. The summed E-state index contributed by atoms with van der Waals surface area (Å²) in [4.78, 5) is 4.32. The standard InChI is InChI=1S/C13H13BrN2/c1-9-5-3-4-6-12(9)16-13-7-10(2)11(14)8-15-13/h3-8H,1-2H3,(H,15,16). The van der Waals surface area contributed by atoms with E-state index < -0.39 is 0 Å². The van der Waals surface area contributed by atoms with Gasteiger partial charge in [-0.3, -0.25) is 0 Å². The van der Waals surface area contributed by atoms with E-state index in [9.17, 15) is 0 Å². The molecule has 0 aliphatic heterocycles. The summed E-state index contributed by atoms with van der Waals surface area (Å²) in [6.45, 7) is 4.13. The number of hydrogen-bond acceptors (Lipinski definition) is 2. The predicted molar refractivity (Wildman–Crippen MR) is 71.1 cm³/mol. The van der Waals surface area contributed by atoms with E-state index in [2.05, 4.69) is 46.1 Å². The number of nitrogens with one attached hydrogen (secondary N) is 1. The number of benzene rings is 1. The zero-order chi connectivity index (χ0) is 11.5. The van der Waals surface area contributed by atoms with Gasteiger partial charge < -0.3 is 5.32 Å². The molecule has 1 aromatic heterocycles. The van der Waals surface area contributed by atoms with Crippen molar-refractivity contribution >= 4 is 27.4 Å². The molecule has 0 saturated carbocycles. The molecule has 0 radical (unpaired) electrons. The topological polar surface area (TPSA) is 24.9 Å². The van der Waals surface area contributed by atoms with Crippen LogP contribution >= 0.6 is 15.9 Å². The summed E-state index contributed by atoms with van der Waals surface area (Å²) in [5, 5.41) is 3.31. The molecule has 0 amide bonds. The molecule has 0 aliphatic rings. The summed E-state index contributed by atoms with van der Waals surface area (Å²) in [6, 6.07) is 10.2. The fourth-order valence-electron chi connectivity index (χ4n) is 1.46. The normalized spacial score (nSPS) is 10.2. The first-order valence-electron chi connectivity index (χ1n) is 5.11. The van der Waals surface area contributed by atoms with E-state index in [1.165, 1.54) is 11.1 Å². The molecule has 2 aromatic rings. The molecule has 0 spiro atoms. The monoisotopic (exact) mass is 276 g/mol. The number of pyridine rings is 1. The molecule has 82 valence electrons. The second-order valence-corrected chi connectivity index (χ2v) is 4.61. The lowest BCUT2D eigenvalue weighted by molar-refractivity contribution is 1.24. The van der Waals surface area contributed by atoms with Gasteiger partial charge in [0.05, 0.1) is 0 Å². The maximum Gasteiger partial charge on any atom is 0.130 e. The van der Waals surface area contributed by atoms with E-state index in [1.807, 2.05) is 30.5 Å². The van der Waals surface area contributed by atoms with Crippen LogP contribution in [-0.2, 0) is 0 Å². The average Bonchev–Trinajstić information content (AvgIpc) is 2.27. The summed E-state index contributed by atoms with van der Waals surface area (Å²) in [5.41, 5.74) is 3.48. The second kappa shape index (κ2) is 4.66. The number of nitrogens with zero attached hydrogens (tertiary/aromatic N) is 1. The lowest BCUT2D eigenvalue weighted by atomic mass is 10.2. The van der Waals surface area contributed by atoms with E-state index in [-0.39, 0.29) is 0 Å².